The molecule has 3 heteroatoms. The van der Waals surface area contributed by atoms with Crippen molar-refractivity contribution in [2.75, 3.05) is 11.9 Å². The van der Waals surface area contributed by atoms with Crippen molar-refractivity contribution in [2.45, 2.75) is 38.5 Å². The summed E-state index contributed by atoms with van der Waals surface area (Å²) in [6.07, 6.45) is 8.31. The number of halogens is 1. The zero-order valence-corrected chi connectivity index (χ0v) is 12.2. The molecule has 0 unspecified atom stereocenters. The van der Waals surface area contributed by atoms with Crippen LogP contribution in [0.15, 0.2) is 22.7 Å². The number of hydrogen-bond donors (Lipinski definition) is 1. The van der Waals surface area contributed by atoms with Gasteiger partial charge in [-0.1, -0.05) is 32.1 Å². The largest absolute Gasteiger partial charge is 0.385 e. The van der Waals surface area contributed by atoms with Crippen LogP contribution in [-0.4, -0.2) is 6.54 Å². The van der Waals surface area contributed by atoms with Gasteiger partial charge in [0.1, 0.15) is 6.07 Å². The van der Waals surface area contributed by atoms with Gasteiger partial charge in [0, 0.05) is 16.7 Å². The molecule has 1 aliphatic carbocycles. The highest BCUT2D eigenvalue weighted by Gasteiger charge is 2.12. The molecule has 1 fully saturated rings. The van der Waals surface area contributed by atoms with E-state index in [1.165, 1.54) is 38.5 Å². The molecule has 0 saturated heterocycles. The van der Waals surface area contributed by atoms with E-state index in [1.807, 2.05) is 18.2 Å². The fourth-order valence-corrected chi connectivity index (χ4v) is 3.08. The van der Waals surface area contributed by atoms with Gasteiger partial charge in [-0.3, -0.25) is 0 Å². The van der Waals surface area contributed by atoms with Crippen LogP contribution < -0.4 is 5.32 Å². The van der Waals surface area contributed by atoms with Crippen LogP contribution in [-0.2, 0) is 0 Å². The molecule has 18 heavy (non-hydrogen) atoms. The predicted octanol–water partition coefficient (Wildman–Crippen LogP) is 4.70. The van der Waals surface area contributed by atoms with E-state index in [0.717, 1.165) is 22.6 Å². The van der Waals surface area contributed by atoms with E-state index >= 15 is 0 Å². The minimum atomic E-state index is 0.688. The number of anilines is 1. The maximum atomic E-state index is 8.86. The smallest absolute Gasteiger partial charge is 0.100 e. The first-order valence-electron chi connectivity index (χ1n) is 6.73. The molecular formula is C15H19BrN2. The van der Waals surface area contributed by atoms with Crippen LogP contribution in [0.3, 0.4) is 0 Å². The number of nitrogens with one attached hydrogen (secondary N) is 1. The number of nitrogens with zero attached hydrogens (tertiary/aromatic N) is 1. The quantitative estimate of drug-likeness (QED) is 0.875. The molecule has 0 spiro atoms. The molecule has 1 N–H and O–H groups in total. The van der Waals surface area contributed by atoms with Gasteiger partial charge in [-0.2, -0.15) is 5.26 Å². The lowest BCUT2D eigenvalue weighted by Gasteiger charge is -2.21. The second-order valence-electron chi connectivity index (χ2n) is 5.03. The first-order valence-corrected chi connectivity index (χ1v) is 7.52. The van der Waals surface area contributed by atoms with Crippen molar-refractivity contribution in [3.8, 4) is 6.07 Å². The number of nitriles is 1. The summed E-state index contributed by atoms with van der Waals surface area (Å²) in [5.41, 5.74) is 1.78. The molecule has 0 bridgehead atoms. The Hall–Kier alpha value is -1.01. The molecule has 0 amide bonds. The third-order valence-corrected chi connectivity index (χ3v) is 4.35. The monoisotopic (exact) mass is 306 g/mol. The van der Waals surface area contributed by atoms with E-state index in [9.17, 15) is 0 Å². The molecule has 1 saturated carbocycles. The minimum absolute atomic E-state index is 0.688. The Morgan fingerprint density at radius 1 is 1.28 bits per heavy atom. The highest BCUT2D eigenvalue weighted by molar-refractivity contribution is 9.10. The summed E-state index contributed by atoms with van der Waals surface area (Å²) in [4.78, 5) is 0. The molecule has 96 valence electrons. The average Bonchev–Trinajstić information content (AvgIpc) is 2.40. The van der Waals surface area contributed by atoms with Gasteiger partial charge in [0.25, 0.3) is 0 Å². The fraction of sp³-hybridized carbons (Fsp3) is 0.533. The molecule has 0 aliphatic heterocycles. The minimum Gasteiger partial charge on any atom is -0.385 e. The Kier molecular flexibility index (Phi) is 5.07. The van der Waals surface area contributed by atoms with E-state index in [-0.39, 0.29) is 0 Å². The zero-order chi connectivity index (χ0) is 12.8. The summed E-state index contributed by atoms with van der Waals surface area (Å²) in [7, 11) is 0. The van der Waals surface area contributed by atoms with Crippen molar-refractivity contribution in [1.29, 1.82) is 5.26 Å². The van der Waals surface area contributed by atoms with Gasteiger partial charge in [-0.15, -0.1) is 0 Å². The normalized spacial score (nSPS) is 16.2. The van der Waals surface area contributed by atoms with E-state index in [0.29, 0.717) is 5.56 Å². The van der Waals surface area contributed by atoms with E-state index in [1.54, 1.807) is 0 Å². The summed E-state index contributed by atoms with van der Waals surface area (Å²) in [6, 6.07) is 7.97. The van der Waals surface area contributed by atoms with Gasteiger partial charge in [0.15, 0.2) is 0 Å². The Morgan fingerprint density at radius 3 is 2.72 bits per heavy atom. The second-order valence-corrected chi connectivity index (χ2v) is 5.88. The molecule has 2 rings (SSSR count). The van der Waals surface area contributed by atoms with Crippen molar-refractivity contribution < 1.29 is 0 Å². The molecule has 1 aliphatic rings. The molecule has 0 radical (unpaired) electrons. The molecule has 1 aromatic carbocycles. The van der Waals surface area contributed by atoms with E-state index in [4.69, 9.17) is 5.26 Å². The average molecular weight is 307 g/mol. The van der Waals surface area contributed by atoms with Crippen LogP contribution in [0, 0.1) is 17.2 Å². The number of rotatable bonds is 4. The molecular weight excluding hydrogens is 288 g/mol. The summed E-state index contributed by atoms with van der Waals surface area (Å²) in [6.45, 7) is 1.03. The number of benzene rings is 1. The maximum Gasteiger partial charge on any atom is 0.100 e. The van der Waals surface area contributed by atoms with Gasteiger partial charge in [-0.25, -0.2) is 0 Å². The van der Waals surface area contributed by atoms with Crippen LogP contribution in [0.5, 0.6) is 0 Å². The Labute approximate surface area is 118 Å². The van der Waals surface area contributed by atoms with Crippen LogP contribution >= 0.6 is 15.9 Å². The van der Waals surface area contributed by atoms with Gasteiger partial charge >= 0.3 is 0 Å². The van der Waals surface area contributed by atoms with Crippen LogP contribution in [0.1, 0.15) is 44.1 Å². The first kappa shape index (κ1) is 13.4. The molecule has 2 nitrogen and oxygen atoms in total. The lowest BCUT2D eigenvalue weighted by Crippen LogP contribution is -2.12. The third-order valence-electron chi connectivity index (χ3n) is 3.70. The third kappa shape index (κ3) is 3.74. The van der Waals surface area contributed by atoms with Gasteiger partial charge in [-0.05, 0) is 46.5 Å². The summed E-state index contributed by atoms with van der Waals surface area (Å²) >= 11 is 3.41. The first-order chi connectivity index (χ1) is 8.79. The van der Waals surface area contributed by atoms with Crippen molar-refractivity contribution in [3.05, 3.63) is 28.2 Å². The summed E-state index contributed by atoms with van der Waals surface area (Å²) in [5.74, 6) is 0.910. The second kappa shape index (κ2) is 6.80. The number of hydrogen-bond acceptors (Lipinski definition) is 2. The van der Waals surface area contributed by atoms with Crippen molar-refractivity contribution in [2.24, 2.45) is 5.92 Å². The molecule has 0 aromatic heterocycles. The highest BCUT2D eigenvalue weighted by Crippen LogP contribution is 2.26. The fourth-order valence-electron chi connectivity index (χ4n) is 2.61. The zero-order valence-electron chi connectivity index (χ0n) is 10.6. The predicted molar refractivity (Wildman–Crippen MR) is 78.5 cm³/mol. The lowest BCUT2D eigenvalue weighted by molar-refractivity contribution is 0.345. The highest BCUT2D eigenvalue weighted by atomic mass is 79.9. The maximum absolute atomic E-state index is 8.86. The van der Waals surface area contributed by atoms with E-state index < -0.39 is 0 Å². The Balaban J connectivity index is 1.79. The van der Waals surface area contributed by atoms with E-state index in [2.05, 4.69) is 27.3 Å². The molecule has 1 aromatic rings. The van der Waals surface area contributed by atoms with Gasteiger partial charge in [0.2, 0.25) is 0 Å². The Bertz CT molecular complexity index is 431. The molecule has 0 heterocycles. The van der Waals surface area contributed by atoms with Gasteiger partial charge in [0.05, 0.1) is 5.56 Å². The van der Waals surface area contributed by atoms with Gasteiger partial charge < -0.3 is 5.32 Å². The van der Waals surface area contributed by atoms with Crippen LogP contribution in [0.25, 0.3) is 0 Å². The molecule has 0 atom stereocenters. The summed E-state index contributed by atoms with van der Waals surface area (Å²) < 4.78 is 0.868. The SMILES string of the molecule is N#Cc1ccc(NCCC2CCCCC2)cc1Br. The van der Waals surface area contributed by atoms with Crippen LogP contribution in [0.4, 0.5) is 5.69 Å². The Morgan fingerprint density at radius 2 is 2.06 bits per heavy atom. The summed E-state index contributed by atoms with van der Waals surface area (Å²) in [5, 5.41) is 12.3. The lowest BCUT2D eigenvalue weighted by atomic mass is 9.87. The standard InChI is InChI=1S/C15H19BrN2/c16-15-10-14(7-6-13(15)11-17)18-9-8-12-4-2-1-3-5-12/h6-7,10,12,18H,1-5,8-9H2. The van der Waals surface area contributed by atoms with Crippen molar-refractivity contribution in [1.82, 2.24) is 0 Å². The van der Waals surface area contributed by atoms with Crippen LogP contribution in [0.2, 0.25) is 0 Å². The topological polar surface area (TPSA) is 35.8 Å². The van der Waals surface area contributed by atoms with Crippen molar-refractivity contribution >= 4 is 21.6 Å². The van der Waals surface area contributed by atoms with Crippen molar-refractivity contribution in [3.63, 3.8) is 0 Å².